The van der Waals surface area contributed by atoms with Crippen LogP contribution >= 0.6 is 12.1 Å². The van der Waals surface area contributed by atoms with Gasteiger partial charge in [-0.3, -0.25) is 9.59 Å². The van der Waals surface area contributed by atoms with Crippen molar-refractivity contribution in [1.29, 1.82) is 5.26 Å². The van der Waals surface area contributed by atoms with Crippen molar-refractivity contribution in [2.24, 2.45) is 0 Å². The van der Waals surface area contributed by atoms with E-state index in [2.05, 4.69) is 14.8 Å². The summed E-state index contributed by atoms with van der Waals surface area (Å²) in [6, 6.07) is 12.1. The molecular formula is C24H26FN5O5S. The van der Waals surface area contributed by atoms with Crippen LogP contribution in [0.2, 0.25) is 0 Å². The first kappa shape index (κ1) is 28.2. The third kappa shape index (κ3) is 7.21. The van der Waals surface area contributed by atoms with Gasteiger partial charge in [0, 0.05) is 55.4 Å². The van der Waals surface area contributed by atoms with Crippen LogP contribution in [0.25, 0.3) is 11.0 Å². The number of hydrogen-bond donors (Lipinski definition) is 4. The van der Waals surface area contributed by atoms with Gasteiger partial charge in [0.1, 0.15) is 12.1 Å². The van der Waals surface area contributed by atoms with Gasteiger partial charge in [-0.05, 0) is 36.4 Å². The molecule has 12 heteroatoms. The maximum Gasteiger partial charge on any atom is 0.340 e. The summed E-state index contributed by atoms with van der Waals surface area (Å²) in [5.74, 6) is -0.912. The van der Waals surface area contributed by atoms with Crippen LogP contribution in [0.1, 0.15) is 16.7 Å². The first-order valence-corrected chi connectivity index (χ1v) is 11.4. The van der Waals surface area contributed by atoms with E-state index in [4.69, 9.17) is 19.6 Å². The number of nitrogens with zero attached hydrogens (tertiary/aromatic N) is 2. The van der Waals surface area contributed by atoms with Gasteiger partial charge in [0.25, 0.3) is 6.47 Å². The zero-order valence-corrected chi connectivity index (χ0v) is 20.7. The average molecular weight is 516 g/mol. The molecule has 0 fully saturated rings. The number of halogens is 1. The number of hydrogen-bond acceptors (Lipinski definition) is 9. The fraction of sp³-hybridized carbons (Fsp3) is 0.250. The third-order valence-electron chi connectivity index (χ3n) is 5.03. The van der Waals surface area contributed by atoms with E-state index in [-0.39, 0.29) is 42.7 Å². The SMILES string of the molecule is CNSNc1cccc(Cc2c(CC(=O)NCC#N)c3ccc(N(C)C)cc3oc2=O)c1F.O=CO. The van der Waals surface area contributed by atoms with Crippen molar-refractivity contribution in [1.82, 2.24) is 10.0 Å². The van der Waals surface area contributed by atoms with E-state index in [1.54, 1.807) is 37.4 Å². The lowest BCUT2D eigenvalue weighted by molar-refractivity contribution is -0.123. The first-order valence-electron chi connectivity index (χ1n) is 10.6. The van der Waals surface area contributed by atoms with Gasteiger partial charge < -0.3 is 24.5 Å². The van der Waals surface area contributed by atoms with Crippen LogP contribution in [-0.2, 0) is 22.4 Å². The summed E-state index contributed by atoms with van der Waals surface area (Å²) in [7, 11) is 5.42. The lowest BCUT2D eigenvalue weighted by Crippen LogP contribution is -2.27. The smallest absolute Gasteiger partial charge is 0.340 e. The minimum Gasteiger partial charge on any atom is -0.483 e. The molecule has 3 rings (SSSR count). The normalized spacial score (nSPS) is 10.1. The van der Waals surface area contributed by atoms with Crippen LogP contribution < -0.4 is 25.3 Å². The predicted octanol–water partition coefficient (Wildman–Crippen LogP) is 2.67. The maximum absolute atomic E-state index is 15.1. The molecular weight excluding hydrogens is 489 g/mol. The number of fused-ring (bicyclic) bond motifs is 1. The van der Waals surface area contributed by atoms with E-state index >= 15 is 4.39 Å². The lowest BCUT2D eigenvalue weighted by Gasteiger charge is -2.16. The number of amides is 1. The van der Waals surface area contributed by atoms with Crippen LogP contribution in [0.3, 0.4) is 0 Å². The van der Waals surface area contributed by atoms with Gasteiger partial charge >= 0.3 is 5.63 Å². The van der Waals surface area contributed by atoms with Crippen LogP contribution in [0, 0.1) is 17.1 Å². The topological polar surface area (TPSA) is 148 Å². The van der Waals surface area contributed by atoms with E-state index in [0.29, 0.717) is 16.5 Å². The third-order valence-corrected chi connectivity index (χ3v) is 5.56. The van der Waals surface area contributed by atoms with Crippen molar-refractivity contribution in [3.63, 3.8) is 0 Å². The number of benzene rings is 2. The summed E-state index contributed by atoms with van der Waals surface area (Å²) >= 11 is 1.11. The molecule has 3 aromatic rings. The number of carbonyl (C=O) groups excluding carboxylic acids is 1. The second-order valence-electron chi connectivity index (χ2n) is 7.50. The first-order chi connectivity index (χ1) is 17.3. The molecule has 10 nitrogen and oxygen atoms in total. The van der Waals surface area contributed by atoms with E-state index < -0.39 is 17.3 Å². The summed E-state index contributed by atoms with van der Waals surface area (Å²) < 4.78 is 26.3. The molecule has 0 atom stereocenters. The highest BCUT2D eigenvalue weighted by molar-refractivity contribution is 7.98. The van der Waals surface area contributed by atoms with Gasteiger partial charge in [-0.25, -0.2) is 13.9 Å². The molecule has 0 radical (unpaired) electrons. The standard InChI is InChI=1S/C23H24FN5O3S.CH2O2/c1-26-33-28-19-6-4-5-14(22(19)24)11-18-17(13-21(30)27-10-9-25)16-8-7-15(29(2)3)12-20(16)32-23(18)31;2-1-3/h4-8,12,26,28H,10-11,13H2,1-3H3,(H,27,30);1H,(H,2,3). The Morgan fingerprint density at radius 2 is 2.00 bits per heavy atom. The van der Waals surface area contributed by atoms with Crippen molar-refractivity contribution in [2.45, 2.75) is 12.8 Å². The van der Waals surface area contributed by atoms with E-state index in [9.17, 15) is 9.59 Å². The van der Waals surface area contributed by atoms with Crippen molar-refractivity contribution in [3.05, 3.63) is 69.3 Å². The summed E-state index contributed by atoms with van der Waals surface area (Å²) in [5.41, 5.74) is 1.72. The van der Waals surface area contributed by atoms with Gasteiger partial charge in [0.2, 0.25) is 5.91 Å². The molecule has 0 saturated carbocycles. The molecule has 0 unspecified atom stereocenters. The largest absolute Gasteiger partial charge is 0.483 e. The molecule has 0 bridgehead atoms. The summed E-state index contributed by atoms with van der Waals surface area (Å²) in [5, 5.41) is 18.7. The van der Waals surface area contributed by atoms with Crippen molar-refractivity contribution in [3.8, 4) is 6.07 Å². The molecule has 1 aromatic heterocycles. The van der Waals surface area contributed by atoms with E-state index in [1.165, 1.54) is 0 Å². The Balaban J connectivity index is 0.00000145. The number of anilines is 2. The number of nitriles is 1. The molecule has 4 N–H and O–H groups in total. The van der Waals surface area contributed by atoms with Crippen molar-refractivity contribution in [2.75, 3.05) is 37.3 Å². The predicted molar refractivity (Wildman–Crippen MR) is 137 cm³/mol. The average Bonchev–Trinajstić information content (AvgIpc) is 2.85. The Labute approximate surface area is 211 Å². The van der Waals surface area contributed by atoms with Crippen LogP contribution in [-0.4, -0.2) is 45.2 Å². The quantitative estimate of drug-likeness (QED) is 0.145. The Morgan fingerprint density at radius 3 is 2.64 bits per heavy atom. The zero-order valence-electron chi connectivity index (χ0n) is 19.9. The Hall–Kier alpha value is -4.08. The number of carboxylic acid groups (broad SMARTS) is 1. The highest BCUT2D eigenvalue weighted by atomic mass is 32.2. The highest BCUT2D eigenvalue weighted by Crippen LogP contribution is 2.28. The van der Waals surface area contributed by atoms with Crippen LogP contribution in [0.4, 0.5) is 15.8 Å². The lowest BCUT2D eigenvalue weighted by atomic mass is 9.95. The maximum atomic E-state index is 15.1. The van der Waals surface area contributed by atoms with Crippen LogP contribution in [0.5, 0.6) is 0 Å². The summed E-state index contributed by atoms with van der Waals surface area (Å²) in [4.78, 5) is 35.7. The Bertz CT molecular complexity index is 1320. The number of rotatable bonds is 9. The minimum absolute atomic E-state index is 0.0554. The Kier molecular flexibility index (Phi) is 10.7. The summed E-state index contributed by atoms with van der Waals surface area (Å²) in [6.07, 6.45) is -0.199. The fourth-order valence-electron chi connectivity index (χ4n) is 3.40. The summed E-state index contributed by atoms with van der Waals surface area (Å²) in [6.45, 7) is -0.399. The molecule has 1 heterocycles. The monoisotopic (exact) mass is 515 g/mol. The van der Waals surface area contributed by atoms with Crippen molar-refractivity contribution >= 4 is 46.9 Å². The second-order valence-corrected chi connectivity index (χ2v) is 8.32. The number of carbonyl (C=O) groups is 2. The zero-order chi connectivity index (χ0) is 26.7. The Morgan fingerprint density at radius 1 is 1.28 bits per heavy atom. The van der Waals surface area contributed by atoms with Gasteiger partial charge in [-0.1, -0.05) is 12.1 Å². The second kappa shape index (κ2) is 13.7. The molecule has 0 aliphatic heterocycles. The van der Waals surface area contributed by atoms with Gasteiger partial charge in [0.15, 0.2) is 5.82 Å². The molecule has 190 valence electrons. The molecule has 0 saturated heterocycles. The minimum atomic E-state index is -0.635. The highest BCUT2D eigenvalue weighted by Gasteiger charge is 2.20. The fourth-order valence-corrected chi connectivity index (χ4v) is 3.77. The van der Waals surface area contributed by atoms with Gasteiger partial charge in [-0.2, -0.15) is 5.26 Å². The van der Waals surface area contributed by atoms with Crippen LogP contribution in [0.15, 0.2) is 45.6 Å². The molecule has 0 aliphatic carbocycles. The van der Waals surface area contributed by atoms with Crippen molar-refractivity contribution < 1.29 is 23.5 Å². The number of nitrogens with one attached hydrogen (secondary N) is 3. The molecule has 0 aliphatic rings. The van der Waals surface area contributed by atoms with Gasteiger partial charge in [0.05, 0.1) is 18.2 Å². The van der Waals surface area contributed by atoms with E-state index in [0.717, 1.165) is 17.8 Å². The van der Waals surface area contributed by atoms with Gasteiger partial charge in [-0.15, -0.1) is 0 Å². The van der Waals surface area contributed by atoms with E-state index in [1.807, 2.05) is 31.1 Å². The molecule has 2 aromatic carbocycles. The molecule has 0 spiro atoms. The molecule has 36 heavy (non-hydrogen) atoms. The molecule has 1 amide bonds.